The Balaban J connectivity index is 2.28. The zero-order chi connectivity index (χ0) is 15.6. The van der Waals surface area contributed by atoms with Crippen LogP contribution in [0, 0.1) is 0 Å². The number of hydrogen-bond donors (Lipinski definition) is 0. The van der Waals surface area contributed by atoms with Gasteiger partial charge in [-0.05, 0) is 31.9 Å². The van der Waals surface area contributed by atoms with Crippen LogP contribution in [-0.4, -0.2) is 35.7 Å². The monoisotopic (exact) mass is 291 g/mol. The molecule has 0 bridgehead atoms. The molecule has 0 aliphatic carbocycles. The van der Waals surface area contributed by atoms with Gasteiger partial charge in [0.05, 0.1) is 13.7 Å². The quantitative estimate of drug-likeness (QED) is 0.746. The molecule has 1 aliphatic rings. The first-order chi connectivity index (χ1) is 9.81. The van der Waals surface area contributed by atoms with Crippen LogP contribution in [0.2, 0.25) is 0 Å². The number of carbonyl (C=O) groups excluding carboxylic acids is 2. The summed E-state index contributed by atoms with van der Waals surface area (Å²) >= 11 is 0. The van der Waals surface area contributed by atoms with Crippen LogP contribution >= 0.6 is 0 Å². The van der Waals surface area contributed by atoms with Crippen molar-refractivity contribution < 1.29 is 19.1 Å². The molecule has 114 valence electrons. The molecule has 0 unspecified atom stereocenters. The van der Waals surface area contributed by atoms with Crippen molar-refractivity contribution in [2.75, 3.05) is 7.11 Å². The number of amides is 1. The smallest absolute Gasteiger partial charge is 0.411 e. The van der Waals surface area contributed by atoms with E-state index in [1.165, 1.54) is 12.0 Å². The van der Waals surface area contributed by atoms with Gasteiger partial charge >= 0.3 is 12.1 Å². The Hall–Kier alpha value is -2.04. The minimum atomic E-state index is -0.639. The molecule has 0 fully saturated rings. The van der Waals surface area contributed by atoms with Crippen LogP contribution < -0.4 is 0 Å². The van der Waals surface area contributed by atoms with Gasteiger partial charge in [-0.25, -0.2) is 9.59 Å². The molecular weight excluding hydrogens is 270 g/mol. The Bertz CT molecular complexity index is 547. The molecule has 0 N–H and O–H groups in total. The number of rotatable bonds is 1. The molecular formula is C16H21NO4. The van der Waals surface area contributed by atoms with Gasteiger partial charge in [-0.3, -0.25) is 4.90 Å². The van der Waals surface area contributed by atoms with E-state index in [0.29, 0.717) is 13.0 Å². The number of methoxy groups -OCH3 is 1. The number of esters is 1. The number of fused-ring (bicyclic) bond motifs is 1. The molecule has 2 rings (SSSR count). The highest BCUT2D eigenvalue weighted by Crippen LogP contribution is 2.25. The van der Waals surface area contributed by atoms with Crippen molar-refractivity contribution in [2.24, 2.45) is 0 Å². The van der Waals surface area contributed by atoms with Crippen molar-refractivity contribution in [3.05, 3.63) is 35.4 Å². The van der Waals surface area contributed by atoms with E-state index in [4.69, 9.17) is 9.47 Å². The van der Waals surface area contributed by atoms with Crippen LogP contribution in [0.15, 0.2) is 24.3 Å². The lowest BCUT2D eigenvalue weighted by Crippen LogP contribution is -2.50. The Morgan fingerprint density at radius 3 is 2.38 bits per heavy atom. The summed E-state index contributed by atoms with van der Waals surface area (Å²) in [5.74, 6) is -0.421. The fourth-order valence-electron chi connectivity index (χ4n) is 2.38. The van der Waals surface area contributed by atoms with Gasteiger partial charge in [0.15, 0.2) is 0 Å². The van der Waals surface area contributed by atoms with Crippen molar-refractivity contribution in [1.29, 1.82) is 0 Å². The maximum absolute atomic E-state index is 12.4. The van der Waals surface area contributed by atoms with Gasteiger partial charge in [0.25, 0.3) is 0 Å². The maximum Gasteiger partial charge on any atom is 0.411 e. The molecule has 0 radical (unpaired) electrons. The molecule has 0 spiro atoms. The zero-order valence-electron chi connectivity index (χ0n) is 12.9. The van der Waals surface area contributed by atoms with Crippen molar-refractivity contribution in [3.63, 3.8) is 0 Å². The minimum absolute atomic E-state index is 0.352. The molecule has 0 saturated carbocycles. The topological polar surface area (TPSA) is 55.8 Å². The molecule has 1 atom stereocenters. The molecule has 0 aromatic heterocycles. The van der Waals surface area contributed by atoms with Gasteiger partial charge < -0.3 is 9.47 Å². The molecule has 1 heterocycles. The standard InChI is InChI=1S/C16H21NO4/c1-16(2,3)21-15(19)17-10-12-8-6-5-7-11(12)9-13(17)14(18)20-4/h5-8,13H,9-10H2,1-4H3/t13-/m0/s1. The predicted molar refractivity (Wildman–Crippen MR) is 77.7 cm³/mol. The van der Waals surface area contributed by atoms with Gasteiger partial charge in [0.1, 0.15) is 11.6 Å². The Morgan fingerprint density at radius 1 is 1.19 bits per heavy atom. The fraction of sp³-hybridized carbons (Fsp3) is 0.500. The van der Waals surface area contributed by atoms with Crippen molar-refractivity contribution in [1.82, 2.24) is 4.90 Å². The molecule has 1 aromatic carbocycles. The van der Waals surface area contributed by atoms with E-state index in [-0.39, 0.29) is 0 Å². The first-order valence-electron chi connectivity index (χ1n) is 6.96. The SMILES string of the molecule is COC(=O)[C@@H]1Cc2ccccc2CN1C(=O)OC(C)(C)C. The first kappa shape index (κ1) is 15.4. The maximum atomic E-state index is 12.4. The average molecular weight is 291 g/mol. The summed E-state index contributed by atoms with van der Waals surface area (Å²) in [7, 11) is 1.33. The summed E-state index contributed by atoms with van der Waals surface area (Å²) in [6.45, 7) is 5.76. The van der Waals surface area contributed by atoms with Gasteiger partial charge in [-0.1, -0.05) is 24.3 Å². The van der Waals surface area contributed by atoms with Gasteiger partial charge in [-0.2, -0.15) is 0 Å². The van der Waals surface area contributed by atoms with Gasteiger partial charge in [-0.15, -0.1) is 0 Å². The van der Waals surface area contributed by atoms with E-state index in [0.717, 1.165) is 11.1 Å². The lowest BCUT2D eigenvalue weighted by molar-refractivity contribution is -0.147. The van der Waals surface area contributed by atoms with Crippen LogP contribution in [0.25, 0.3) is 0 Å². The van der Waals surface area contributed by atoms with Gasteiger partial charge in [0.2, 0.25) is 0 Å². The minimum Gasteiger partial charge on any atom is -0.467 e. The lowest BCUT2D eigenvalue weighted by Gasteiger charge is -2.36. The summed E-state index contributed by atoms with van der Waals surface area (Å²) in [6, 6.07) is 7.14. The van der Waals surface area contributed by atoms with Gasteiger partial charge in [0, 0.05) is 6.42 Å². The lowest BCUT2D eigenvalue weighted by atomic mass is 9.94. The van der Waals surface area contributed by atoms with Crippen LogP contribution in [0.4, 0.5) is 4.79 Å². The third kappa shape index (κ3) is 3.54. The number of nitrogens with zero attached hydrogens (tertiary/aromatic N) is 1. The molecule has 5 nitrogen and oxygen atoms in total. The second kappa shape index (κ2) is 5.76. The largest absolute Gasteiger partial charge is 0.467 e. The average Bonchev–Trinajstić information content (AvgIpc) is 2.43. The van der Waals surface area contributed by atoms with Crippen LogP contribution in [-0.2, 0) is 27.2 Å². The highest BCUT2D eigenvalue weighted by atomic mass is 16.6. The van der Waals surface area contributed by atoms with E-state index < -0.39 is 23.7 Å². The number of hydrogen-bond acceptors (Lipinski definition) is 4. The summed E-state index contributed by atoms with van der Waals surface area (Å²) in [6.07, 6.45) is -0.0466. The zero-order valence-corrected chi connectivity index (χ0v) is 12.9. The van der Waals surface area contributed by atoms with E-state index >= 15 is 0 Å². The predicted octanol–water partition coefficient (Wildman–Crippen LogP) is 2.52. The molecule has 5 heteroatoms. The van der Waals surface area contributed by atoms with Crippen LogP contribution in [0.5, 0.6) is 0 Å². The van der Waals surface area contributed by atoms with Crippen molar-refractivity contribution >= 4 is 12.1 Å². The summed E-state index contributed by atoms with van der Waals surface area (Å²) < 4.78 is 10.2. The molecule has 1 amide bonds. The summed E-state index contributed by atoms with van der Waals surface area (Å²) in [5.41, 5.74) is 1.49. The van der Waals surface area contributed by atoms with E-state index in [1.807, 2.05) is 24.3 Å². The first-order valence-corrected chi connectivity index (χ1v) is 6.96. The highest BCUT2D eigenvalue weighted by Gasteiger charge is 2.37. The molecule has 0 saturated heterocycles. The molecule has 1 aromatic rings. The van der Waals surface area contributed by atoms with E-state index in [1.54, 1.807) is 20.8 Å². The summed E-state index contributed by atoms with van der Waals surface area (Å²) in [4.78, 5) is 25.8. The third-order valence-corrected chi connectivity index (χ3v) is 3.35. The molecule has 21 heavy (non-hydrogen) atoms. The molecule has 1 aliphatic heterocycles. The van der Waals surface area contributed by atoms with Crippen molar-refractivity contribution in [3.8, 4) is 0 Å². The van der Waals surface area contributed by atoms with Crippen LogP contribution in [0.1, 0.15) is 31.9 Å². The second-order valence-corrected chi connectivity index (χ2v) is 6.12. The number of carbonyl (C=O) groups is 2. The fourth-order valence-corrected chi connectivity index (χ4v) is 2.38. The third-order valence-electron chi connectivity index (χ3n) is 3.35. The normalized spacial score (nSPS) is 17.9. The van der Waals surface area contributed by atoms with E-state index in [9.17, 15) is 9.59 Å². The Kier molecular flexibility index (Phi) is 4.21. The second-order valence-electron chi connectivity index (χ2n) is 6.12. The highest BCUT2D eigenvalue weighted by molar-refractivity contribution is 5.82. The Labute approximate surface area is 124 Å². The van der Waals surface area contributed by atoms with Crippen LogP contribution in [0.3, 0.4) is 0 Å². The number of ether oxygens (including phenoxy) is 2. The Morgan fingerprint density at radius 2 is 1.81 bits per heavy atom. The number of benzene rings is 1. The van der Waals surface area contributed by atoms with E-state index in [2.05, 4.69) is 0 Å². The van der Waals surface area contributed by atoms with Crippen molar-refractivity contribution in [2.45, 2.75) is 45.4 Å². The summed E-state index contributed by atoms with van der Waals surface area (Å²) in [5, 5.41) is 0.